The van der Waals surface area contributed by atoms with Crippen LogP contribution in [0, 0.1) is 0 Å². The number of hydrogen-bond donors (Lipinski definition) is 2. The van der Waals surface area contributed by atoms with Crippen molar-refractivity contribution in [3.8, 4) is 5.75 Å². The van der Waals surface area contributed by atoms with Crippen LogP contribution in [0.1, 0.15) is 6.92 Å². The molecule has 2 aromatic carbocycles. The Morgan fingerprint density at radius 2 is 1.43 bits per heavy atom. The lowest BCUT2D eigenvalue weighted by molar-refractivity contribution is -0.112. The summed E-state index contributed by atoms with van der Waals surface area (Å²) in [5, 5.41) is 6.04. The summed E-state index contributed by atoms with van der Waals surface area (Å²) in [6.45, 7) is 5.28. The number of benzene rings is 2. The van der Waals surface area contributed by atoms with Crippen molar-refractivity contribution in [2.24, 2.45) is 0 Å². The molecule has 0 radical (unpaired) electrons. The Balaban J connectivity index is 2.01. The number of amides is 1. The van der Waals surface area contributed by atoms with E-state index in [1.807, 2.05) is 48.5 Å². The predicted octanol–water partition coefficient (Wildman–Crippen LogP) is 3.95. The minimum Gasteiger partial charge on any atom is -0.497 e. The number of methoxy groups -OCH3 is 1. The van der Waals surface area contributed by atoms with Gasteiger partial charge in [0.05, 0.1) is 7.11 Å². The third-order valence-corrected chi connectivity index (χ3v) is 2.91. The van der Waals surface area contributed by atoms with Crippen molar-refractivity contribution in [1.29, 1.82) is 0 Å². The van der Waals surface area contributed by atoms with Crippen LogP contribution in [-0.2, 0) is 4.79 Å². The largest absolute Gasteiger partial charge is 0.497 e. The van der Waals surface area contributed by atoms with E-state index in [0.29, 0.717) is 5.57 Å². The van der Waals surface area contributed by atoms with E-state index in [4.69, 9.17) is 4.74 Å². The fraction of sp³-hybridized carbons (Fsp3) is 0.118. The molecule has 1 amide bonds. The van der Waals surface area contributed by atoms with E-state index < -0.39 is 0 Å². The van der Waals surface area contributed by atoms with Crippen molar-refractivity contribution in [3.05, 3.63) is 60.7 Å². The second-order valence-corrected chi connectivity index (χ2v) is 4.67. The molecule has 0 fully saturated rings. The smallest absolute Gasteiger partial charge is 0.250 e. The molecule has 0 atom stereocenters. The second-order valence-electron chi connectivity index (χ2n) is 4.67. The molecule has 4 heteroatoms. The fourth-order valence-electron chi connectivity index (χ4n) is 1.72. The van der Waals surface area contributed by atoms with Crippen molar-refractivity contribution in [3.63, 3.8) is 0 Å². The zero-order valence-corrected chi connectivity index (χ0v) is 12.1. The second kappa shape index (κ2) is 6.61. The van der Waals surface area contributed by atoms with Crippen LogP contribution in [0.4, 0.5) is 17.1 Å². The number of nitrogens with one attached hydrogen (secondary N) is 2. The molecule has 0 unspecified atom stereocenters. The molecule has 0 aliphatic carbocycles. The maximum atomic E-state index is 11.5. The van der Waals surface area contributed by atoms with Gasteiger partial charge in [-0.1, -0.05) is 6.58 Å². The Morgan fingerprint density at radius 3 is 1.90 bits per heavy atom. The Hall–Kier alpha value is -2.75. The monoisotopic (exact) mass is 282 g/mol. The number of rotatable bonds is 5. The number of hydrogen-bond acceptors (Lipinski definition) is 3. The Morgan fingerprint density at radius 1 is 0.952 bits per heavy atom. The van der Waals surface area contributed by atoms with Gasteiger partial charge in [0, 0.05) is 22.6 Å². The van der Waals surface area contributed by atoms with Gasteiger partial charge in [-0.25, -0.2) is 0 Å². The predicted molar refractivity (Wildman–Crippen MR) is 86.2 cm³/mol. The Labute approximate surface area is 124 Å². The molecule has 0 heterocycles. The molecule has 0 aromatic heterocycles. The normalized spacial score (nSPS) is 9.81. The van der Waals surface area contributed by atoms with Crippen LogP contribution >= 0.6 is 0 Å². The van der Waals surface area contributed by atoms with Crippen LogP contribution in [0.25, 0.3) is 0 Å². The highest BCUT2D eigenvalue weighted by molar-refractivity contribution is 6.02. The molecule has 108 valence electrons. The molecule has 0 saturated carbocycles. The summed E-state index contributed by atoms with van der Waals surface area (Å²) in [5.74, 6) is 0.643. The fourth-order valence-corrected chi connectivity index (χ4v) is 1.72. The van der Waals surface area contributed by atoms with E-state index in [-0.39, 0.29) is 5.91 Å². The molecule has 4 nitrogen and oxygen atoms in total. The lowest BCUT2D eigenvalue weighted by Gasteiger charge is -2.09. The first-order valence-electron chi connectivity index (χ1n) is 6.56. The molecule has 21 heavy (non-hydrogen) atoms. The quantitative estimate of drug-likeness (QED) is 0.816. The van der Waals surface area contributed by atoms with Gasteiger partial charge in [0.2, 0.25) is 0 Å². The molecular weight excluding hydrogens is 264 g/mol. The third-order valence-electron chi connectivity index (χ3n) is 2.91. The van der Waals surface area contributed by atoms with Gasteiger partial charge >= 0.3 is 0 Å². The zero-order valence-electron chi connectivity index (χ0n) is 12.1. The minimum absolute atomic E-state index is 0.175. The number of carbonyl (C=O) groups excluding carboxylic acids is 1. The molecule has 2 aromatic rings. The molecule has 0 spiro atoms. The summed E-state index contributed by atoms with van der Waals surface area (Å²) in [7, 11) is 1.64. The van der Waals surface area contributed by atoms with E-state index in [2.05, 4.69) is 17.2 Å². The molecule has 2 N–H and O–H groups in total. The lowest BCUT2D eigenvalue weighted by Crippen LogP contribution is -2.11. The number of ether oxygens (including phenoxy) is 1. The average molecular weight is 282 g/mol. The van der Waals surface area contributed by atoms with E-state index in [1.54, 1.807) is 14.0 Å². The van der Waals surface area contributed by atoms with Crippen molar-refractivity contribution in [2.45, 2.75) is 6.92 Å². The van der Waals surface area contributed by atoms with Gasteiger partial charge in [0.1, 0.15) is 5.75 Å². The van der Waals surface area contributed by atoms with Crippen LogP contribution in [0.15, 0.2) is 60.7 Å². The van der Waals surface area contributed by atoms with Crippen LogP contribution in [0.3, 0.4) is 0 Å². The SMILES string of the molecule is C=C(C)C(=O)Nc1ccc(Nc2ccc(OC)cc2)cc1. The highest BCUT2D eigenvalue weighted by Crippen LogP contribution is 2.21. The van der Waals surface area contributed by atoms with E-state index in [1.165, 1.54) is 0 Å². The molecular formula is C17H18N2O2. The Kier molecular flexibility index (Phi) is 4.61. The highest BCUT2D eigenvalue weighted by Gasteiger charge is 2.02. The first-order valence-corrected chi connectivity index (χ1v) is 6.56. The van der Waals surface area contributed by atoms with Gasteiger partial charge < -0.3 is 15.4 Å². The number of carbonyl (C=O) groups is 1. The van der Waals surface area contributed by atoms with Crippen molar-refractivity contribution < 1.29 is 9.53 Å². The Bertz CT molecular complexity index is 631. The van der Waals surface area contributed by atoms with Gasteiger partial charge in [-0.05, 0) is 55.5 Å². The van der Waals surface area contributed by atoms with E-state index in [0.717, 1.165) is 22.8 Å². The van der Waals surface area contributed by atoms with Crippen molar-refractivity contribution >= 4 is 23.0 Å². The van der Waals surface area contributed by atoms with Crippen molar-refractivity contribution in [2.75, 3.05) is 17.7 Å². The van der Waals surface area contributed by atoms with Gasteiger partial charge in [-0.15, -0.1) is 0 Å². The summed E-state index contributed by atoms with van der Waals surface area (Å²) >= 11 is 0. The first kappa shape index (κ1) is 14.7. The summed E-state index contributed by atoms with van der Waals surface area (Å²) < 4.78 is 5.12. The van der Waals surface area contributed by atoms with Crippen LogP contribution in [0.5, 0.6) is 5.75 Å². The molecule has 0 aliphatic heterocycles. The highest BCUT2D eigenvalue weighted by atomic mass is 16.5. The van der Waals surface area contributed by atoms with Crippen LogP contribution < -0.4 is 15.4 Å². The summed E-state index contributed by atoms with van der Waals surface area (Å²) in [5.41, 5.74) is 3.13. The standard InChI is InChI=1S/C17H18N2O2/c1-12(2)17(20)19-15-6-4-13(5-7-15)18-14-8-10-16(21-3)11-9-14/h4-11,18H,1H2,2-3H3,(H,19,20). The minimum atomic E-state index is -0.175. The maximum Gasteiger partial charge on any atom is 0.250 e. The molecule has 0 saturated heterocycles. The van der Waals surface area contributed by atoms with Crippen LogP contribution in [-0.4, -0.2) is 13.0 Å². The topological polar surface area (TPSA) is 50.4 Å². The first-order chi connectivity index (χ1) is 10.1. The van der Waals surface area contributed by atoms with E-state index in [9.17, 15) is 4.79 Å². The molecule has 0 aliphatic rings. The van der Waals surface area contributed by atoms with Crippen LogP contribution in [0.2, 0.25) is 0 Å². The molecule has 2 rings (SSSR count). The maximum absolute atomic E-state index is 11.5. The zero-order chi connectivity index (χ0) is 15.2. The van der Waals surface area contributed by atoms with Gasteiger partial charge in [0.15, 0.2) is 0 Å². The van der Waals surface area contributed by atoms with Gasteiger partial charge in [0.25, 0.3) is 5.91 Å². The van der Waals surface area contributed by atoms with Gasteiger partial charge in [-0.3, -0.25) is 4.79 Å². The van der Waals surface area contributed by atoms with Crippen molar-refractivity contribution in [1.82, 2.24) is 0 Å². The average Bonchev–Trinajstić information content (AvgIpc) is 2.50. The summed E-state index contributed by atoms with van der Waals surface area (Å²) in [4.78, 5) is 11.5. The number of anilines is 3. The van der Waals surface area contributed by atoms with E-state index >= 15 is 0 Å². The van der Waals surface area contributed by atoms with Gasteiger partial charge in [-0.2, -0.15) is 0 Å². The lowest BCUT2D eigenvalue weighted by atomic mass is 10.2. The molecule has 0 bridgehead atoms. The summed E-state index contributed by atoms with van der Waals surface area (Å²) in [6.07, 6.45) is 0. The third kappa shape index (κ3) is 4.11. The summed E-state index contributed by atoms with van der Waals surface area (Å²) in [6, 6.07) is 15.1.